The number of hydrogen-bond acceptors (Lipinski definition) is 5. The summed E-state index contributed by atoms with van der Waals surface area (Å²) in [7, 11) is 0. The molecule has 0 aromatic carbocycles. The van der Waals surface area contributed by atoms with Crippen LogP contribution in [-0.4, -0.2) is 33.2 Å². The van der Waals surface area contributed by atoms with Crippen LogP contribution in [0.5, 0.6) is 0 Å². The quantitative estimate of drug-likeness (QED) is 0.833. The predicted molar refractivity (Wildman–Crippen MR) is 82.4 cm³/mol. The Morgan fingerprint density at radius 1 is 1.52 bits per heavy atom. The Labute approximate surface area is 126 Å². The van der Waals surface area contributed by atoms with Gasteiger partial charge in [0, 0.05) is 19.5 Å². The number of hydrogen-bond donors (Lipinski definition) is 2. The number of carbonyl (C=O) groups is 1. The van der Waals surface area contributed by atoms with Gasteiger partial charge in [0.1, 0.15) is 4.83 Å². The van der Waals surface area contributed by atoms with Crippen LogP contribution in [0.2, 0.25) is 0 Å². The predicted octanol–water partition coefficient (Wildman–Crippen LogP) is 0.981. The van der Waals surface area contributed by atoms with Crippen molar-refractivity contribution in [3.05, 3.63) is 28.1 Å². The van der Waals surface area contributed by atoms with Gasteiger partial charge in [0.15, 0.2) is 0 Å². The van der Waals surface area contributed by atoms with Gasteiger partial charge in [-0.25, -0.2) is 4.98 Å². The molecule has 7 heteroatoms. The van der Waals surface area contributed by atoms with Crippen molar-refractivity contribution in [3.63, 3.8) is 0 Å². The fourth-order valence-electron chi connectivity index (χ4n) is 1.82. The van der Waals surface area contributed by atoms with E-state index in [1.54, 1.807) is 6.07 Å². The SMILES string of the molecule is CC(C)C(O)CNC(=O)CCn1cnc2sccc2c1=O. The van der Waals surface area contributed by atoms with E-state index in [9.17, 15) is 14.7 Å². The standard InChI is InChI=1S/C14H19N3O3S/c1-9(2)11(18)7-15-12(19)3-5-17-8-16-13-10(14(17)20)4-6-21-13/h4,6,8-9,11,18H,3,5,7H2,1-2H3,(H,15,19). The fraction of sp³-hybridized carbons (Fsp3) is 0.500. The second kappa shape index (κ2) is 6.82. The molecule has 114 valence electrons. The lowest BCUT2D eigenvalue weighted by Crippen LogP contribution is -2.35. The highest BCUT2D eigenvalue weighted by Gasteiger charge is 2.11. The van der Waals surface area contributed by atoms with E-state index in [1.165, 1.54) is 22.2 Å². The second-order valence-corrected chi connectivity index (χ2v) is 6.14. The lowest BCUT2D eigenvalue weighted by molar-refractivity contribution is -0.121. The van der Waals surface area contributed by atoms with E-state index in [-0.39, 0.29) is 36.9 Å². The molecule has 0 aliphatic carbocycles. The van der Waals surface area contributed by atoms with E-state index in [0.717, 1.165) is 0 Å². The van der Waals surface area contributed by atoms with Gasteiger partial charge in [0.2, 0.25) is 5.91 Å². The van der Waals surface area contributed by atoms with Gasteiger partial charge in [0.25, 0.3) is 5.56 Å². The molecule has 0 radical (unpaired) electrons. The minimum absolute atomic E-state index is 0.0955. The number of aromatic nitrogens is 2. The highest BCUT2D eigenvalue weighted by atomic mass is 32.1. The molecule has 0 spiro atoms. The maximum absolute atomic E-state index is 12.1. The van der Waals surface area contributed by atoms with Crippen LogP contribution in [0.3, 0.4) is 0 Å². The zero-order valence-corrected chi connectivity index (χ0v) is 12.9. The molecule has 21 heavy (non-hydrogen) atoms. The second-order valence-electron chi connectivity index (χ2n) is 5.25. The van der Waals surface area contributed by atoms with Crippen molar-refractivity contribution in [2.24, 2.45) is 5.92 Å². The molecule has 2 rings (SSSR count). The van der Waals surface area contributed by atoms with E-state index >= 15 is 0 Å². The number of nitrogens with one attached hydrogen (secondary N) is 1. The summed E-state index contributed by atoms with van der Waals surface area (Å²) < 4.78 is 1.44. The van der Waals surface area contributed by atoms with Crippen molar-refractivity contribution in [2.45, 2.75) is 32.9 Å². The van der Waals surface area contributed by atoms with Crippen molar-refractivity contribution < 1.29 is 9.90 Å². The number of aryl methyl sites for hydroxylation is 1. The van der Waals surface area contributed by atoms with Crippen molar-refractivity contribution in [1.82, 2.24) is 14.9 Å². The number of aliphatic hydroxyl groups is 1. The first-order valence-corrected chi connectivity index (χ1v) is 7.74. The van der Waals surface area contributed by atoms with Crippen molar-refractivity contribution >= 4 is 27.5 Å². The normalized spacial score (nSPS) is 12.8. The first kappa shape index (κ1) is 15.7. The van der Waals surface area contributed by atoms with Crippen molar-refractivity contribution in [2.75, 3.05) is 6.54 Å². The van der Waals surface area contributed by atoms with Gasteiger partial charge >= 0.3 is 0 Å². The molecule has 0 saturated carbocycles. The summed E-state index contributed by atoms with van der Waals surface area (Å²) in [5, 5.41) is 14.7. The molecule has 2 heterocycles. The van der Waals surface area contributed by atoms with Gasteiger partial charge < -0.3 is 10.4 Å². The van der Waals surface area contributed by atoms with Gasteiger partial charge in [-0.1, -0.05) is 13.8 Å². The minimum atomic E-state index is -0.555. The molecule has 2 N–H and O–H groups in total. The number of fused-ring (bicyclic) bond motifs is 1. The zero-order chi connectivity index (χ0) is 15.4. The molecule has 0 aliphatic heterocycles. The molecule has 1 atom stereocenters. The Kier molecular flexibility index (Phi) is 5.08. The van der Waals surface area contributed by atoms with Crippen LogP contribution in [0.1, 0.15) is 20.3 Å². The third kappa shape index (κ3) is 3.89. The maximum Gasteiger partial charge on any atom is 0.262 e. The van der Waals surface area contributed by atoms with Gasteiger partial charge in [-0.3, -0.25) is 14.2 Å². The van der Waals surface area contributed by atoms with Crippen LogP contribution < -0.4 is 10.9 Å². The maximum atomic E-state index is 12.1. The molecular weight excluding hydrogens is 290 g/mol. The molecule has 0 aliphatic rings. The number of thiophene rings is 1. The number of rotatable bonds is 6. The Hall–Kier alpha value is -1.73. The molecule has 1 amide bonds. The minimum Gasteiger partial charge on any atom is -0.391 e. The first-order chi connectivity index (χ1) is 9.99. The molecule has 0 saturated heterocycles. The zero-order valence-electron chi connectivity index (χ0n) is 12.1. The largest absolute Gasteiger partial charge is 0.391 e. The van der Waals surface area contributed by atoms with Crippen LogP contribution in [0, 0.1) is 5.92 Å². The molecule has 2 aromatic rings. The average Bonchev–Trinajstić information content (AvgIpc) is 2.93. The summed E-state index contributed by atoms with van der Waals surface area (Å²) in [6, 6.07) is 1.74. The summed E-state index contributed by atoms with van der Waals surface area (Å²) in [6.07, 6.45) is 1.10. The average molecular weight is 309 g/mol. The summed E-state index contributed by atoms with van der Waals surface area (Å²) in [5.74, 6) is -0.0925. The van der Waals surface area contributed by atoms with E-state index in [2.05, 4.69) is 10.3 Å². The van der Waals surface area contributed by atoms with Crippen LogP contribution in [-0.2, 0) is 11.3 Å². The molecule has 6 nitrogen and oxygen atoms in total. The Balaban J connectivity index is 1.91. The van der Waals surface area contributed by atoms with Crippen LogP contribution in [0.25, 0.3) is 10.2 Å². The van der Waals surface area contributed by atoms with Gasteiger partial charge in [-0.2, -0.15) is 0 Å². The molecule has 0 bridgehead atoms. The molecule has 1 unspecified atom stereocenters. The Bertz CT molecular complexity index is 677. The Morgan fingerprint density at radius 3 is 3.00 bits per heavy atom. The van der Waals surface area contributed by atoms with E-state index < -0.39 is 6.10 Å². The number of amides is 1. The highest BCUT2D eigenvalue weighted by molar-refractivity contribution is 7.16. The third-order valence-electron chi connectivity index (χ3n) is 3.31. The Morgan fingerprint density at radius 2 is 2.29 bits per heavy atom. The lowest BCUT2D eigenvalue weighted by atomic mass is 10.1. The summed E-state index contributed by atoms with van der Waals surface area (Å²) in [5.41, 5.74) is -0.128. The number of nitrogens with zero attached hydrogens (tertiary/aromatic N) is 2. The lowest BCUT2D eigenvalue weighted by Gasteiger charge is -2.15. The van der Waals surface area contributed by atoms with Gasteiger partial charge in [-0.05, 0) is 17.4 Å². The smallest absolute Gasteiger partial charge is 0.262 e. The van der Waals surface area contributed by atoms with Crippen LogP contribution >= 0.6 is 11.3 Å². The van der Waals surface area contributed by atoms with Gasteiger partial charge in [-0.15, -0.1) is 11.3 Å². The monoisotopic (exact) mass is 309 g/mol. The van der Waals surface area contributed by atoms with E-state index in [1.807, 2.05) is 19.2 Å². The summed E-state index contributed by atoms with van der Waals surface area (Å²) >= 11 is 1.42. The van der Waals surface area contributed by atoms with Gasteiger partial charge in [0.05, 0.1) is 17.8 Å². The van der Waals surface area contributed by atoms with E-state index in [4.69, 9.17) is 0 Å². The fourth-order valence-corrected chi connectivity index (χ4v) is 2.54. The van der Waals surface area contributed by atoms with Crippen molar-refractivity contribution in [3.8, 4) is 0 Å². The van der Waals surface area contributed by atoms with Crippen LogP contribution in [0.15, 0.2) is 22.6 Å². The molecule has 2 aromatic heterocycles. The summed E-state index contributed by atoms with van der Waals surface area (Å²) in [6.45, 7) is 4.28. The topological polar surface area (TPSA) is 84.2 Å². The number of aliphatic hydroxyl groups excluding tert-OH is 1. The van der Waals surface area contributed by atoms with E-state index in [0.29, 0.717) is 10.2 Å². The number of carbonyl (C=O) groups excluding carboxylic acids is 1. The third-order valence-corrected chi connectivity index (χ3v) is 4.13. The van der Waals surface area contributed by atoms with Crippen LogP contribution in [0.4, 0.5) is 0 Å². The highest BCUT2D eigenvalue weighted by Crippen LogP contribution is 2.13. The molecular formula is C14H19N3O3S. The molecule has 0 fully saturated rings. The van der Waals surface area contributed by atoms with Crippen molar-refractivity contribution in [1.29, 1.82) is 0 Å². The first-order valence-electron chi connectivity index (χ1n) is 6.86. The summed E-state index contributed by atoms with van der Waals surface area (Å²) in [4.78, 5) is 28.7.